The summed E-state index contributed by atoms with van der Waals surface area (Å²) in [5, 5.41) is 4.00. The van der Waals surface area contributed by atoms with Crippen molar-refractivity contribution in [3.05, 3.63) is 48.0 Å². The number of amides is 1. The number of anilines is 2. The highest BCUT2D eigenvalue weighted by atomic mass is 32.1. The highest BCUT2D eigenvalue weighted by Gasteiger charge is 2.19. The maximum atomic E-state index is 13.0. The summed E-state index contributed by atoms with van der Waals surface area (Å²) < 4.78 is 18.0. The van der Waals surface area contributed by atoms with Crippen molar-refractivity contribution in [1.82, 2.24) is 4.98 Å². The number of thiazole rings is 1. The molecule has 3 heterocycles. The smallest absolute Gasteiger partial charge is 0.259 e. The van der Waals surface area contributed by atoms with Gasteiger partial charge in [0.05, 0.1) is 35.1 Å². The fourth-order valence-electron chi connectivity index (χ4n) is 3.82. The standard InChI is InChI=1S/C23H25N3O4S/c27-22(18-5-1-2-6-20(18)30-15-17-4-3-11-29-17)24-16-7-8-19-21(14-16)31-23(25-19)26-9-12-28-13-10-26/h1-2,5-8,14,17H,3-4,9-13,15H2,(H,24,27). The molecule has 1 N–H and O–H groups in total. The maximum Gasteiger partial charge on any atom is 0.259 e. The predicted octanol–water partition coefficient (Wildman–Crippen LogP) is 3.94. The van der Waals surface area contributed by atoms with E-state index in [0.29, 0.717) is 17.9 Å². The normalized spacial score (nSPS) is 19.0. The van der Waals surface area contributed by atoms with Gasteiger partial charge >= 0.3 is 0 Å². The van der Waals surface area contributed by atoms with E-state index in [-0.39, 0.29) is 12.0 Å². The van der Waals surface area contributed by atoms with Crippen LogP contribution in [0.25, 0.3) is 10.2 Å². The average molecular weight is 440 g/mol. The van der Waals surface area contributed by atoms with Crippen molar-refractivity contribution in [2.24, 2.45) is 0 Å². The van der Waals surface area contributed by atoms with E-state index in [1.54, 1.807) is 17.4 Å². The zero-order chi connectivity index (χ0) is 21.0. The lowest BCUT2D eigenvalue weighted by Gasteiger charge is -2.25. The lowest BCUT2D eigenvalue weighted by Crippen LogP contribution is -2.36. The molecule has 7 nitrogen and oxygen atoms in total. The molecule has 0 bridgehead atoms. The first-order valence-electron chi connectivity index (χ1n) is 10.6. The van der Waals surface area contributed by atoms with Gasteiger partial charge in [0.25, 0.3) is 5.91 Å². The van der Waals surface area contributed by atoms with Crippen LogP contribution in [0.4, 0.5) is 10.8 Å². The van der Waals surface area contributed by atoms with E-state index >= 15 is 0 Å². The second-order valence-corrected chi connectivity index (χ2v) is 8.68. The van der Waals surface area contributed by atoms with Crippen LogP contribution in [0, 0.1) is 0 Å². The number of fused-ring (bicyclic) bond motifs is 1. The van der Waals surface area contributed by atoms with Crippen LogP contribution >= 0.6 is 11.3 Å². The first kappa shape index (κ1) is 20.2. The summed E-state index contributed by atoms with van der Waals surface area (Å²) in [6, 6.07) is 13.1. The van der Waals surface area contributed by atoms with Crippen LogP contribution in [0.15, 0.2) is 42.5 Å². The first-order valence-corrected chi connectivity index (χ1v) is 11.5. The van der Waals surface area contributed by atoms with E-state index in [4.69, 9.17) is 19.2 Å². The van der Waals surface area contributed by atoms with E-state index in [0.717, 1.165) is 66.8 Å². The van der Waals surface area contributed by atoms with Crippen molar-refractivity contribution in [3.63, 3.8) is 0 Å². The number of aromatic nitrogens is 1. The van der Waals surface area contributed by atoms with Gasteiger partial charge in [-0.15, -0.1) is 0 Å². The lowest BCUT2D eigenvalue weighted by atomic mass is 10.1. The van der Waals surface area contributed by atoms with Crippen molar-refractivity contribution >= 4 is 38.3 Å². The molecule has 3 aromatic rings. The van der Waals surface area contributed by atoms with E-state index < -0.39 is 0 Å². The highest BCUT2D eigenvalue weighted by molar-refractivity contribution is 7.22. The van der Waals surface area contributed by atoms with Gasteiger partial charge in [-0.3, -0.25) is 4.79 Å². The zero-order valence-corrected chi connectivity index (χ0v) is 18.0. The van der Waals surface area contributed by atoms with E-state index in [2.05, 4.69) is 10.2 Å². The number of para-hydroxylation sites is 1. The zero-order valence-electron chi connectivity index (χ0n) is 17.2. The third-order valence-corrected chi connectivity index (χ3v) is 6.58. The van der Waals surface area contributed by atoms with Crippen molar-refractivity contribution in [2.75, 3.05) is 49.7 Å². The van der Waals surface area contributed by atoms with Gasteiger partial charge in [-0.2, -0.15) is 0 Å². The Bertz CT molecular complexity index is 1060. The second-order valence-electron chi connectivity index (χ2n) is 7.67. The Morgan fingerprint density at radius 3 is 2.90 bits per heavy atom. The third kappa shape index (κ3) is 4.66. The quantitative estimate of drug-likeness (QED) is 0.627. The van der Waals surface area contributed by atoms with Crippen LogP contribution in [0.3, 0.4) is 0 Å². The minimum absolute atomic E-state index is 0.102. The van der Waals surface area contributed by atoms with Gasteiger partial charge < -0.3 is 24.4 Å². The van der Waals surface area contributed by atoms with Crippen LogP contribution in [0.1, 0.15) is 23.2 Å². The molecule has 2 saturated heterocycles. The van der Waals surface area contributed by atoms with Crippen molar-refractivity contribution < 1.29 is 19.0 Å². The minimum Gasteiger partial charge on any atom is -0.490 e. The SMILES string of the molecule is O=C(Nc1ccc2nc(N3CCOCC3)sc2c1)c1ccccc1OCC1CCCO1. The number of ether oxygens (including phenoxy) is 3. The molecule has 1 unspecified atom stereocenters. The predicted molar refractivity (Wildman–Crippen MR) is 122 cm³/mol. The fraction of sp³-hybridized carbons (Fsp3) is 0.391. The molecule has 1 amide bonds. The van der Waals surface area contributed by atoms with Gasteiger partial charge in [0, 0.05) is 25.4 Å². The van der Waals surface area contributed by atoms with Crippen LogP contribution < -0.4 is 15.0 Å². The molecule has 2 aliphatic heterocycles. The summed E-state index contributed by atoms with van der Waals surface area (Å²) in [5.74, 6) is 0.379. The van der Waals surface area contributed by atoms with Gasteiger partial charge in [-0.05, 0) is 43.2 Å². The number of hydrogen-bond acceptors (Lipinski definition) is 7. The summed E-state index contributed by atoms with van der Waals surface area (Å²) in [6.07, 6.45) is 2.16. The van der Waals surface area contributed by atoms with Gasteiger partial charge in [0.15, 0.2) is 5.13 Å². The van der Waals surface area contributed by atoms with Gasteiger partial charge in [-0.1, -0.05) is 23.5 Å². The summed E-state index contributed by atoms with van der Waals surface area (Å²) in [5.41, 5.74) is 2.19. The van der Waals surface area contributed by atoms with Crippen LogP contribution in [0.5, 0.6) is 5.75 Å². The van der Waals surface area contributed by atoms with Crippen LogP contribution in [-0.2, 0) is 9.47 Å². The maximum absolute atomic E-state index is 13.0. The molecule has 8 heteroatoms. The molecule has 2 fully saturated rings. The van der Waals surface area contributed by atoms with Gasteiger partial charge in [-0.25, -0.2) is 4.98 Å². The van der Waals surface area contributed by atoms with E-state index in [1.165, 1.54) is 0 Å². The molecule has 1 aromatic heterocycles. The summed E-state index contributed by atoms with van der Waals surface area (Å²) in [4.78, 5) is 19.9. The summed E-state index contributed by atoms with van der Waals surface area (Å²) >= 11 is 1.64. The molecule has 0 spiro atoms. The molecule has 31 heavy (non-hydrogen) atoms. The van der Waals surface area contributed by atoms with Crippen LogP contribution in [0.2, 0.25) is 0 Å². The minimum atomic E-state index is -0.194. The average Bonchev–Trinajstić information content (AvgIpc) is 3.48. The number of carbonyl (C=O) groups excluding carboxylic acids is 1. The van der Waals surface area contributed by atoms with Gasteiger partial charge in [0.1, 0.15) is 12.4 Å². The Morgan fingerprint density at radius 1 is 1.19 bits per heavy atom. The highest BCUT2D eigenvalue weighted by Crippen LogP contribution is 2.31. The van der Waals surface area contributed by atoms with E-state index in [1.807, 2.05) is 36.4 Å². The molecule has 162 valence electrons. The van der Waals surface area contributed by atoms with Gasteiger partial charge in [0.2, 0.25) is 0 Å². The van der Waals surface area contributed by atoms with Crippen LogP contribution in [-0.4, -0.2) is 56.5 Å². The largest absolute Gasteiger partial charge is 0.490 e. The molecular formula is C23H25N3O4S. The van der Waals surface area contributed by atoms with Crippen molar-refractivity contribution in [2.45, 2.75) is 18.9 Å². The van der Waals surface area contributed by atoms with E-state index in [9.17, 15) is 4.79 Å². The Balaban J connectivity index is 1.29. The molecule has 5 rings (SSSR count). The lowest BCUT2D eigenvalue weighted by molar-refractivity contribution is 0.0673. The number of benzene rings is 2. The Labute approximate surface area is 184 Å². The third-order valence-electron chi connectivity index (χ3n) is 5.50. The Morgan fingerprint density at radius 2 is 2.06 bits per heavy atom. The first-order chi connectivity index (χ1) is 15.3. The monoisotopic (exact) mass is 439 g/mol. The Hall–Kier alpha value is -2.68. The molecular weight excluding hydrogens is 414 g/mol. The fourth-order valence-corrected chi connectivity index (χ4v) is 4.87. The number of hydrogen-bond donors (Lipinski definition) is 1. The Kier molecular flexibility index (Phi) is 6.01. The van der Waals surface area contributed by atoms with Crippen molar-refractivity contribution in [1.29, 1.82) is 0 Å². The number of morpholine rings is 1. The molecule has 2 aliphatic rings. The molecule has 0 aliphatic carbocycles. The number of nitrogens with zero attached hydrogens (tertiary/aromatic N) is 2. The number of nitrogens with one attached hydrogen (secondary N) is 1. The molecule has 0 saturated carbocycles. The second kappa shape index (κ2) is 9.21. The number of rotatable bonds is 6. The summed E-state index contributed by atoms with van der Waals surface area (Å²) in [6.45, 7) is 4.40. The molecule has 2 aromatic carbocycles. The molecule has 1 atom stereocenters. The van der Waals surface area contributed by atoms with Crippen molar-refractivity contribution in [3.8, 4) is 5.75 Å². The number of carbonyl (C=O) groups is 1. The topological polar surface area (TPSA) is 72.9 Å². The molecule has 0 radical (unpaired) electrons. The summed E-state index contributed by atoms with van der Waals surface area (Å²) in [7, 11) is 0.